The highest BCUT2D eigenvalue weighted by atomic mass is 16.5. The first-order valence-electron chi connectivity index (χ1n) is 10.0. The van der Waals surface area contributed by atoms with Crippen molar-refractivity contribution in [2.24, 2.45) is 0 Å². The summed E-state index contributed by atoms with van der Waals surface area (Å²) in [6.45, 7) is 0.0852. The number of ether oxygens (including phenoxy) is 2. The third-order valence-electron chi connectivity index (χ3n) is 4.68. The highest BCUT2D eigenvalue weighted by molar-refractivity contribution is 6.42. The molecule has 0 radical (unpaired) electrons. The molecule has 0 bridgehead atoms. The second-order valence-corrected chi connectivity index (χ2v) is 6.80. The van der Waals surface area contributed by atoms with E-state index in [1.54, 1.807) is 12.1 Å². The molecule has 7 heteroatoms. The summed E-state index contributed by atoms with van der Waals surface area (Å²) in [5, 5.41) is 20.3. The van der Waals surface area contributed by atoms with Crippen molar-refractivity contribution in [2.45, 2.75) is 0 Å². The summed E-state index contributed by atoms with van der Waals surface area (Å²) in [7, 11) is 0. The third kappa shape index (κ3) is 6.04. The Bertz CT molecular complexity index is 1010. The SMILES string of the molecule is O=C(C(=O)N(CCO)CCO)c1ccc(OCCOc2ccc3ccccc3c2)cc1. The molecule has 0 saturated carbocycles. The van der Waals surface area contributed by atoms with Gasteiger partial charge >= 0.3 is 0 Å². The molecule has 0 fully saturated rings. The Morgan fingerprint density at radius 1 is 0.742 bits per heavy atom. The number of amides is 1. The molecule has 162 valence electrons. The Morgan fingerprint density at radius 3 is 1.97 bits per heavy atom. The maximum Gasteiger partial charge on any atom is 0.295 e. The molecular formula is C24H25NO6. The summed E-state index contributed by atoms with van der Waals surface area (Å²) in [5.74, 6) is -0.153. The molecule has 3 aromatic rings. The Balaban J connectivity index is 1.49. The second-order valence-electron chi connectivity index (χ2n) is 6.80. The van der Waals surface area contributed by atoms with E-state index in [-0.39, 0.29) is 31.9 Å². The maximum atomic E-state index is 12.3. The van der Waals surface area contributed by atoms with Crippen LogP contribution in [0.25, 0.3) is 10.8 Å². The van der Waals surface area contributed by atoms with Crippen LogP contribution in [0.5, 0.6) is 11.5 Å². The second kappa shape index (κ2) is 11.1. The minimum Gasteiger partial charge on any atom is -0.490 e. The number of rotatable bonds is 11. The number of aliphatic hydroxyl groups is 2. The highest BCUT2D eigenvalue weighted by Gasteiger charge is 2.22. The molecule has 0 heterocycles. The monoisotopic (exact) mass is 423 g/mol. The van der Waals surface area contributed by atoms with Crippen molar-refractivity contribution in [3.05, 3.63) is 72.3 Å². The van der Waals surface area contributed by atoms with E-state index in [9.17, 15) is 9.59 Å². The van der Waals surface area contributed by atoms with Crippen LogP contribution < -0.4 is 9.47 Å². The zero-order valence-electron chi connectivity index (χ0n) is 17.1. The lowest BCUT2D eigenvalue weighted by Crippen LogP contribution is -2.40. The van der Waals surface area contributed by atoms with Crippen LogP contribution in [0, 0.1) is 0 Å². The van der Waals surface area contributed by atoms with Crippen LogP contribution in [0.15, 0.2) is 66.7 Å². The maximum absolute atomic E-state index is 12.3. The van der Waals surface area contributed by atoms with Gasteiger partial charge in [-0.05, 0) is 47.2 Å². The van der Waals surface area contributed by atoms with Crippen LogP contribution in [0.3, 0.4) is 0 Å². The summed E-state index contributed by atoms with van der Waals surface area (Å²) < 4.78 is 11.4. The predicted octanol–water partition coefficient (Wildman–Crippen LogP) is 2.29. The Kier molecular flexibility index (Phi) is 7.98. The van der Waals surface area contributed by atoms with Crippen LogP contribution in [-0.4, -0.2) is 66.3 Å². The van der Waals surface area contributed by atoms with Crippen molar-refractivity contribution < 1.29 is 29.3 Å². The molecule has 0 atom stereocenters. The summed E-state index contributed by atoms with van der Waals surface area (Å²) >= 11 is 0. The van der Waals surface area contributed by atoms with E-state index in [0.717, 1.165) is 21.4 Å². The van der Waals surface area contributed by atoms with Gasteiger partial charge < -0.3 is 24.6 Å². The molecule has 0 aliphatic heterocycles. The van der Waals surface area contributed by atoms with Crippen LogP contribution in [0.4, 0.5) is 0 Å². The van der Waals surface area contributed by atoms with Gasteiger partial charge in [-0.1, -0.05) is 30.3 Å². The fourth-order valence-corrected chi connectivity index (χ4v) is 3.10. The van der Waals surface area contributed by atoms with E-state index >= 15 is 0 Å². The number of nitrogens with zero attached hydrogens (tertiary/aromatic N) is 1. The quantitative estimate of drug-likeness (QED) is 0.279. The lowest BCUT2D eigenvalue weighted by molar-refractivity contribution is -0.127. The number of fused-ring (bicyclic) bond motifs is 1. The molecule has 0 aliphatic rings. The molecule has 0 spiro atoms. The number of aliphatic hydroxyl groups excluding tert-OH is 2. The number of hydrogen-bond donors (Lipinski definition) is 2. The van der Waals surface area contributed by atoms with Gasteiger partial charge in [0.15, 0.2) is 0 Å². The van der Waals surface area contributed by atoms with Gasteiger partial charge in [0.05, 0.1) is 13.2 Å². The van der Waals surface area contributed by atoms with Crippen molar-refractivity contribution in [2.75, 3.05) is 39.5 Å². The molecule has 7 nitrogen and oxygen atoms in total. The van der Waals surface area contributed by atoms with Crippen LogP contribution in [0.2, 0.25) is 0 Å². The number of Topliss-reactive ketones (excluding diaryl/α,β-unsaturated/α-hetero) is 1. The number of carbonyl (C=O) groups excluding carboxylic acids is 2. The average molecular weight is 423 g/mol. The molecule has 0 saturated heterocycles. The molecule has 1 amide bonds. The van der Waals surface area contributed by atoms with Crippen molar-refractivity contribution >= 4 is 22.5 Å². The lowest BCUT2D eigenvalue weighted by atomic mass is 10.1. The first kappa shape index (κ1) is 22.3. The van der Waals surface area contributed by atoms with Crippen LogP contribution >= 0.6 is 0 Å². The van der Waals surface area contributed by atoms with Crippen molar-refractivity contribution in [1.29, 1.82) is 0 Å². The minimum atomic E-state index is -0.763. The van der Waals surface area contributed by atoms with Gasteiger partial charge in [-0.3, -0.25) is 9.59 Å². The van der Waals surface area contributed by atoms with Crippen LogP contribution in [0.1, 0.15) is 10.4 Å². The number of carbonyl (C=O) groups is 2. The molecule has 3 rings (SSSR count). The third-order valence-corrected chi connectivity index (χ3v) is 4.68. The summed E-state index contributed by atoms with van der Waals surface area (Å²) in [6.07, 6.45) is 0. The van der Waals surface area contributed by atoms with E-state index in [1.807, 2.05) is 42.5 Å². The van der Waals surface area contributed by atoms with Gasteiger partial charge in [0, 0.05) is 18.7 Å². The molecular weight excluding hydrogens is 398 g/mol. The number of hydrogen-bond acceptors (Lipinski definition) is 6. The zero-order chi connectivity index (χ0) is 22.1. The standard InChI is InChI=1S/C24H25NO6/c26-13-11-25(12-14-27)24(29)23(28)19-6-8-21(9-7-19)30-15-16-31-22-10-5-18-3-1-2-4-20(18)17-22/h1-10,17,26-27H,11-16H2. The Labute approximate surface area is 180 Å². The Morgan fingerprint density at radius 2 is 1.32 bits per heavy atom. The van der Waals surface area contributed by atoms with Gasteiger partial charge in [-0.15, -0.1) is 0 Å². The van der Waals surface area contributed by atoms with E-state index in [1.165, 1.54) is 12.1 Å². The van der Waals surface area contributed by atoms with Gasteiger partial charge in [-0.25, -0.2) is 0 Å². The fourth-order valence-electron chi connectivity index (χ4n) is 3.10. The van der Waals surface area contributed by atoms with Crippen molar-refractivity contribution in [1.82, 2.24) is 4.90 Å². The van der Waals surface area contributed by atoms with Crippen LogP contribution in [-0.2, 0) is 4.79 Å². The van der Waals surface area contributed by atoms with E-state index in [2.05, 4.69) is 0 Å². The first-order chi connectivity index (χ1) is 15.1. The fraction of sp³-hybridized carbons (Fsp3) is 0.250. The summed E-state index contributed by atoms with van der Waals surface area (Å²) in [5.41, 5.74) is 0.214. The number of benzene rings is 3. The molecule has 0 unspecified atom stereocenters. The molecule has 0 aliphatic carbocycles. The predicted molar refractivity (Wildman–Crippen MR) is 116 cm³/mol. The molecule has 0 aromatic heterocycles. The average Bonchev–Trinajstić information content (AvgIpc) is 2.81. The molecule has 31 heavy (non-hydrogen) atoms. The van der Waals surface area contributed by atoms with Crippen molar-refractivity contribution in [3.63, 3.8) is 0 Å². The van der Waals surface area contributed by atoms with Gasteiger partial charge in [0.2, 0.25) is 5.78 Å². The first-order valence-corrected chi connectivity index (χ1v) is 10.0. The lowest BCUT2D eigenvalue weighted by Gasteiger charge is -2.19. The van der Waals surface area contributed by atoms with Gasteiger partial charge in [-0.2, -0.15) is 0 Å². The Hall–Kier alpha value is -3.42. The highest BCUT2D eigenvalue weighted by Crippen LogP contribution is 2.20. The normalized spacial score (nSPS) is 10.6. The summed E-state index contributed by atoms with van der Waals surface area (Å²) in [6, 6.07) is 20.2. The number of ketones is 1. The van der Waals surface area contributed by atoms with Crippen molar-refractivity contribution in [3.8, 4) is 11.5 Å². The topological polar surface area (TPSA) is 96.3 Å². The van der Waals surface area contributed by atoms with Gasteiger partial charge in [0.1, 0.15) is 24.7 Å². The van der Waals surface area contributed by atoms with Gasteiger partial charge in [0.25, 0.3) is 5.91 Å². The largest absolute Gasteiger partial charge is 0.490 e. The minimum absolute atomic E-state index is 0.0104. The van der Waals surface area contributed by atoms with E-state index in [0.29, 0.717) is 19.0 Å². The molecule has 2 N–H and O–H groups in total. The van der Waals surface area contributed by atoms with E-state index < -0.39 is 11.7 Å². The molecule has 3 aromatic carbocycles. The zero-order valence-corrected chi connectivity index (χ0v) is 17.1. The summed E-state index contributed by atoms with van der Waals surface area (Å²) in [4.78, 5) is 25.7. The smallest absolute Gasteiger partial charge is 0.295 e. The van der Waals surface area contributed by atoms with E-state index in [4.69, 9.17) is 19.7 Å².